The van der Waals surface area contributed by atoms with Crippen LogP contribution in [0.3, 0.4) is 0 Å². The third-order valence-corrected chi connectivity index (χ3v) is 10.6. The number of hydrogen-bond donors (Lipinski definition) is 5. The number of hydrogen-bond acceptors (Lipinski definition) is 8. The van der Waals surface area contributed by atoms with Gasteiger partial charge in [-0.3, -0.25) is 24.7 Å². The first-order chi connectivity index (χ1) is 18.5. The number of ether oxygens (including phenoxy) is 1. The number of aliphatic hydroxyl groups excluding tert-OH is 2. The Morgan fingerprint density at radius 1 is 1.12 bits per heavy atom. The van der Waals surface area contributed by atoms with Crippen molar-refractivity contribution < 1.29 is 48.2 Å². The molecule has 1 aromatic carbocycles. The molecule has 0 aromatic heterocycles. The predicted octanol–water partition coefficient (Wildman–Crippen LogP) is 3.36. The van der Waals surface area contributed by atoms with E-state index in [-0.39, 0.29) is 41.8 Å². The minimum Gasteiger partial charge on any atom is -0.445 e. The van der Waals surface area contributed by atoms with Crippen LogP contribution in [0, 0.1) is 34.0 Å². The molecule has 3 fully saturated rings. The van der Waals surface area contributed by atoms with Crippen LogP contribution in [-0.4, -0.2) is 56.1 Å². The summed E-state index contributed by atoms with van der Waals surface area (Å²) < 4.78 is 21.4. The maximum absolute atomic E-state index is 13.5. The minimum atomic E-state index is -4.77. The summed E-state index contributed by atoms with van der Waals surface area (Å²) in [6, 6.07) is 4.81. The average Bonchev–Trinajstić information content (AvgIpc) is 3.15. The molecular weight excluding hydrogens is 541 g/mol. The van der Waals surface area contributed by atoms with E-state index >= 15 is 0 Å². The maximum Gasteiger partial charge on any atom is 0.524 e. The number of carbonyl (C=O) groups excluding carboxylic acids is 3. The summed E-state index contributed by atoms with van der Waals surface area (Å²) in [4.78, 5) is 57.3. The third-order valence-electron chi connectivity index (χ3n) is 10.1. The molecule has 0 heterocycles. The molecule has 4 rings (SSSR count). The normalized spacial score (nSPS) is 39.4. The lowest BCUT2D eigenvalue weighted by molar-refractivity contribution is -0.191. The zero-order valence-corrected chi connectivity index (χ0v) is 24.0. The summed E-state index contributed by atoms with van der Waals surface area (Å²) in [6.07, 6.45) is -0.686. The highest BCUT2D eigenvalue weighted by Gasteiger charge is 2.70. The van der Waals surface area contributed by atoms with E-state index in [1.807, 2.05) is 27.7 Å². The zero-order chi connectivity index (χ0) is 29.8. The zero-order valence-electron chi connectivity index (χ0n) is 23.1. The van der Waals surface area contributed by atoms with E-state index in [1.54, 1.807) is 6.08 Å². The van der Waals surface area contributed by atoms with Gasteiger partial charge in [0.25, 0.3) is 5.91 Å². The number of imide groups is 1. The first-order valence-corrected chi connectivity index (χ1v) is 14.9. The summed E-state index contributed by atoms with van der Waals surface area (Å²) in [5, 5.41) is 24.5. The fraction of sp³-hybridized carbons (Fsp3) is 0.607. The summed E-state index contributed by atoms with van der Waals surface area (Å²) >= 11 is 0. The highest BCUT2D eigenvalue weighted by Crippen LogP contribution is 2.68. The van der Waals surface area contributed by atoms with Gasteiger partial charge >= 0.3 is 13.9 Å². The molecule has 11 nitrogen and oxygen atoms in total. The van der Waals surface area contributed by atoms with Crippen molar-refractivity contribution in [3.05, 3.63) is 42.5 Å². The van der Waals surface area contributed by atoms with Gasteiger partial charge in [0, 0.05) is 22.3 Å². The van der Waals surface area contributed by atoms with Crippen molar-refractivity contribution in [1.82, 2.24) is 5.32 Å². The quantitative estimate of drug-likeness (QED) is 0.256. The Labute approximate surface area is 233 Å². The Morgan fingerprint density at radius 3 is 2.33 bits per heavy atom. The number of rotatable bonds is 5. The standard InChI is InChI=1S/C28H38NO10P/c1-6-26(4)14-20(38-25(34)29-24(33)17-7-9-18(10-8-17)39-40(35,36)37)27(5)15(2)11-12-28(16(3)23(26)32)13-19(30)21(31)22(27)28/h6-10,15-16,19-20,22-23,30,32H,1,11-14H2,2-5H3,(H,29,33,34)(H2,35,36,37)/t15-,16+,19+,20-,22+,23+,26-,27+,28+/m1/s1. The van der Waals surface area contributed by atoms with Gasteiger partial charge in [0.1, 0.15) is 18.0 Å². The van der Waals surface area contributed by atoms with Crippen molar-refractivity contribution in [2.75, 3.05) is 0 Å². The van der Waals surface area contributed by atoms with Crippen molar-refractivity contribution in [2.24, 2.45) is 34.0 Å². The van der Waals surface area contributed by atoms with Gasteiger partial charge in [-0.15, -0.1) is 6.58 Å². The smallest absolute Gasteiger partial charge is 0.445 e. The highest BCUT2D eigenvalue weighted by atomic mass is 31.2. The first-order valence-electron chi connectivity index (χ1n) is 13.4. The van der Waals surface area contributed by atoms with Crippen molar-refractivity contribution in [3.8, 4) is 5.75 Å². The van der Waals surface area contributed by atoms with Gasteiger partial charge in [0.2, 0.25) is 0 Å². The monoisotopic (exact) mass is 579 g/mol. The predicted molar refractivity (Wildman–Crippen MR) is 143 cm³/mol. The van der Waals surface area contributed by atoms with E-state index in [2.05, 4.69) is 16.4 Å². The Hall–Kier alpha value is -2.56. The lowest BCUT2D eigenvalue weighted by Crippen LogP contribution is -2.63. The van der Waals surface area contributed by atoms with Crippen molar-refractivity contribution in [1.29, 1.82) is 0 Å². The number of aliphatic hydroxyl groups is 2. The lowest BCUT2D eigenvalue weighted by atomic mass is 9.44. The van der Waals surface area contributed by atoms with Crippen LogP contribution in [0.4, 0.5) is 4.79 Å². The van der Waals surface area contributed by atoms with E-state index in [9.17, 15) is 29.2 Å². The van der Waals surface area contributed by atoms with E-state index in [0.717, 1.165) is 0 Å². The summed E-state index contributed by atoms with van der Waals surface area (Å²) in [6.45, 7) is 11.6. The number of amides is 2. The Balaban J connectivity index is 1.64. The molecule has 3 aliphatic carbocycles. The molecule has 5 N–H and O–H groups in total. The van der Waals surface area contributed by atoms with Crippen LogP contribution in [0.15, 0.2) is 36.9 Å². The first kappa shape index (κ1) is 30.4. The Morgan fingerprint density at radius 2 is 1.75 bits per heavy atom. The molecule has 0 unspecified atom stereocenters. The van der Waals surface area contributed by atoms with Gasteiger partial charge in [-0.05, 0) is 67.2 Å². The van der Waals surface area contributed by atoms with Crippen LogP contribution in [0.5, 0.6) is 5.75 Å². The van der Waals surface area contributed by atoms with E-state index in [0.29, 0.717) is 12.8 Å². The molecular formula is C28H38NO10P. The van der Waals surface area contributed by atoms with Crippen molar-refractivity contribution in [3.63, 3.8) is 0 Å². The maximum atomic E-state index is 13.5. The second-order valence-corrected chi connectivity index (χ2v) is 13.4. The third kappa shape index (κ3) is 5.03. The van der Waals surface area contributed by atoms with Crippen LogP contribution in [0.1, 0.15) is 63.7 Å². The number of nitrogens with one attached hydrogen (secondary N) is 1. The van der Waals surface area contributed by atoms with E-state index in [4.69, 9.17) is 14.5 Å². The molecule has 1 aromatic rings. The molecule has 3 aliphatic rings. The van der Waals surface area contributed by atoms with Gasteiger partial charge in [0.05, 0.1) is 6.10 Å². The fourth-order valence-corrected chi connectivity index (χ4v) is 8.01. The van der Waals surface area contributed by atoms with Gasteiger partial charge in [-0.1, -0.05) is 33.8 Å². The number of phosphoric acid groups is 1. The topological polar surface area (TPSA) is 180 Å². The molecule has 40 heavy (non-hydrogen) atoms. The Kier molecular flexibility index (Phi) is 7.88. The second kappa shape index (κ2) is 10.4. The average molecular weight is 580 g/mol. The van der Waals surface area contributed by atoms with Gasteiger partial charge in [-0.25, -0.2) is 9.36 Å². The molecule has 9 atom stereocenters. The number of phosphoric ester groups is 1. The van der Waals surface area contributed by atoms with Gasteiger partial charge in [0.15, 0.2) is 5.78 Å². The largest absolute Gasteiger partial charge is 0.524 e. The number of ketones is 1. The van der Waals surface area contributed by atoms with E-state index in [1.165, 1.54) is 24.3 Å². The fourth-order valence-electron chi connectivity index (χ4n) is 7.61. The molecule has 0 spiro atoms. The van der Waals surface area contributed by atoms with Crippen LogP contribution >= 0.6 is 7.82 Å². The van der Waals surface area contributed by atoms with Crippen molar-refractivity contribution >= 4 is 25.6 Å². The molecule has 3 saturated carbocycles. The highest BCUT2D eigenvalue weighted by molar-refractivity contribution is 7.46. The van der Waals surface area contributed by atoms with Crippen LogP contribution in [0.2, 0.25) is 0 Å². The van der Waals surface area contributed by atoms with Gasteiger partial charge < -0.3 is 19.5 Å². The van der Waals surface area contributed by atoms with Crippen LogP contribution in [-0.2, 0) is 14.1 Å². The SMILES string of the molecule is C=C[C@]1(C)C[C@@H](OC(=O)NC(=O)c2ccc(OP(=O)(O)O)cc2)[C@]2(C)[C@H](C)CC[C@]3(C[C@H](O)C(=O)[C@H]32)[C@@H](C)[C@@H]1O. The van der Waals surface area contributed by atoms with Crippen LogP contribution < -0.4 is 9.84 Å². The molecule has 0 radical (unpaired) electrons. The molecule has 2 amide bonds. The minimum absolute atomic E-state index is 0.0122. The lowest BCUT2D eigenvalue weighted by Gasteiger charge is -2.61. The number of Topliss-reactive ketones (excluding diaryl/α,β-unsaturated/α-hetero) is 1. The van der Waals surface area contributed by atoms with Crippen LogP contribution in [0.25, 0.3) is 0 Å². The molecule has 12 heteroatoms. The molecule has 0 saturated heterocycles. The van der Waals surface area contributed by atoms with E-state index < -0.39 is 60.3 Å². The number of benzene rings is 1. The number of carbonyl (C=O) groups is 3. The summed E-state index contributed by atoms with van der Waals surface area (Å²) in [5.74, 6) is -2.36. The van der Waals surface area contributed by atoms with Crippen molar-refractivity contribution in [2.45, 2.75) is 71.7 Å². The van der Waals surface area contributed by atoms with Gasteiger partial charge in [-0.2, -0.15) is 0 Å². The second-order valence-electron chi connectivity index (χ2n) is 12.2. The molecule has 0 aliphatic heterocycles. The molecule has 220 valence electrons. The molecule has 2 bridgehead atoms. The Bertz CT molecular complexity index is 1250. The number of alkyl carbamates (subject to hydrolysis) is 1. The summed E-state index contributed by atoms with van der Waals surface area (Å²) in [5.41, 5.74) is -2.46. The summed E-state index contributed by atoms with van der Waals surface area (Å²) in [7, 11) is -4.77.